The number of anilines is 7. The summed E-state index contributed by atoms with van der Waals surface area (Å²) in [6.45, 7) is 12.7. The largest absolute Gasteiger partial charge is 0.383 e. The molecule has 29 heteroatoms. The van der Waals surface area contributed by atoms with E-state index >= 15 is 0 Å². The number of amides is 1. The first-order valence-electron chi connectivity index (χ1n) is 39.8. The van der Waals surface area contributed by atoms with Crippen molar-refractivity contribution < 1.29 is 19.2 Å². The van der Waals surface area contributed by atoms with Crippen LogP contribution in [-0.4, -0.2) is 113 Å². The van der Waals surface area contributed by atoms with Crippen LogP contribution in [0.1, 0.15) is 134 Å². The molecule has 1 amide bonds. The van der Waals surface area contributed by atoms with E-state index in [-0.39, 0.29) is 23.3 Å². The number of imidazole rings is 1. The number of Topliss-reactive ketones (excluding diaryl/α,β-unsaturated/α-hetero) is 3. The zero-order valence-corrected chi connectivity index (χ0v) is 70.9. The van der Waals surface area contributed by atoms with Gasteiger partial charge in [-0.1, -0.05) is 125 Å². The Balaban J connectivity index is 0.000000149. The van der Waals surface area contributed by atoms with E-state index < -0.39 is 0 Å². The number of nitrogens with zero attached hydrogens (tertiary/aromatic N) is 13. The van der Waals surface area contributed by atoms with Crippen molar-refractivity contribution in [2.45, 2.75) is 117 Å². The van der Waals surface area contributed by atoms with Crippen molar-refractivity contribution >= 4 is 153 Å². The fourth-order valence-electron chi connectivity index (χ4n) is 13.6. The number of ketones is 3. The molecular weight excluding hydrogens is 1620 g/mol. The Labute approximate surface area is 727 Å². The van der Waals surface area contributed by atoms with Crippen LogP contribution in [-0.2, 0) is 51.9 Å². The molecule has 0 saturated heterocycles. The molecule has 12 N–H and O–H groups in total. The first-order valence-corrected chi connectivity index (χ1v) is 41.3. The summed E-state index contributed by atoms with van der Waals surface area (Å²) < 4.78 is 1.95. The molecule has 0 aliphatic rings. The molecule has 0 radical (unpaired) electrons. The summed E-state index contributed by atoms with van der Waals surface area (Å²) in [7, 11) is 0. The predicted octanol–water partition coefficient (Wildman–Crippen LogP) is 18.2. The number of pyridine rings is 10. The molecule has 11 aromatic heterocycles. The highest BCUT2D eigenvalue weighted by atomic mass is 35.5. The minimum atomic E-state index is -0.203. The van der Waals surface area contributed by atoms with Gasteiger partial charge >= 0.3 is 0 Å². The Morgan fingerprint density at radius 3 is 1.28 bits per heavy atom. The highest BCUT2D eigenvalue weighted by Crippen LogP contribution is 2.30. The molecule has 0 unspecified atom stereocenters. The minimum absolute atomic E-state index is 0.00227. The van der Waals surface area contributed by atoms with Crippen LogP contribution in [0.5, 0.6) is 0 Å². The third-order valence-electron chi connectivity index (χ3n) is 20.2. The molecule has 622 valence electrons. The summed E-state index contributed by atoms with van der Waals surface area (Å²) in [5, 5.41) is 21.9. The number of hydrogen-bond acceptors (Lipinski definition) is 23. The third kappa shape index (κ3) is 24.8. The van der Waals surface area contributed by atoms with E-state index in [1.165, 1.54) is 0 Å². The van der Waals surface area contributed by atoms with Crippen molar-refractivity contribution in [3.05, 3.63) is 320 Å². The van der Waals surface area contributed by atoms with Crippen LogP contribution in [0, 0.1) is 0 Å². The summed E-state index contributed by atoms with van der Waals surface area (Å²) >= 11 is 25.4. The Kier molecular flexibility index (Phi) is 31.2. The first kappa shape index (κ1) is 88.1. The van der Waals surface area contributed by atoms with Crippen LogP contribution in [0.3, 0.4) is 0 Å². The number of aromatic nitrogens is 12. The van der Waals surface area contributed by atoms with Gasteiger partial charge in [0.1, 0.15) is 40.7 Å². The van der Waals surface area contributed by atoms with E-state index in [4.69, 9.17) is 69.3 Å². The summed E-state index contributed by atoms with van der Waals surface area (Å²) in [5.74, 6) is 3.45. The van der Waals surface area contributed by atoms with Gasteiger partial charge in [-0.25, -0.2) is 39.9 Å². The van der Waals surface area contributed by atoms with Crippen LogP contribution in [0.2, 0.25) is 20.1 Å². The van der Waals surface area contributed by atoms with Gasteiger partial charge in [0.2, 0.25) is 0 Å². The maximum Gasteiger partial charge on any atom is 0.253 e. The Morgan fingerprint density at radius 1 is 0.402 bits per heavy atom. The average Bonchev–Trinajstić information content (AvgIpc) is 0.963. The van der Waals surface area contributed by atoms with Gasteiger partial charge in [0, 0.05) is 176 Å². The second-order valence-electron chi connectivity index (χ2n) is 29.4. The number of carbonyl (C=O) groups is 4. The predicted molar refractivity (Wildman–Crippen MR) is 490 cm³/mol. The summed E-state index contributed by atoms with van der Waals surface area (Å²) in [6, 6.07) is 48.6. The second kappa shape index (κ2) is 43.2. The Hall–Kier alpha value is -13.2. The smallest absolute Gasteiger partial charge is 0.253 e. The van der Waals surface area contributed by atoms with Gasteiger partial charge in [0.25, 0.3) is 5.91 Å². The van der Waals surface area contributed by atoms with Gasteiger partial charge in [0.15, 0.2) is 17.3 Å². The van der Waals surface area contributed by atoms with Crippen molar-refractivity contribution in [2.75, 3.05) is 52.0 Å². The normalized spacial score (nSPS) is 11.1. The molecule has 0 bridgehead atoms. The molecule has 0 saturated carbocycles. The second-order valence-corrected chi connectivity index (χ2v) is 31.0. The van der Waals surface area contributed by atoms with Crippen molar-refractivity contribution in [2.24, 2.45) is 0 Å². The SMILES string of the molecule is CC(C)N(CCCc1ncc(C(=O)NCc2ccc3c(N)nccc3c2)cc1Cl)C(C)C.Nc1nccc2cc(CCC(=O)c3cnc(NCCn4ccnc4)c(Cl)c3)ccc12.Nc1nccc2cc(CCC(=O)c3cnc(NCc4ccccn4)c(Cl)c3)ccc12.Nc1nccc2cc(CCC(=O)c3cnc(NCc4cccnc4)c(Cl)c3)ccc12. The molecule has 4 aromatic carbocycles. The maximum absolute atomic E-state index is 12.6. The van der Waals surface area contributed by atoms with E-state index in [0.29, 0.717) is 160 Å². The monoisotopic (exact) mass is 1710 g/mol. The van der Waals surface area contributed by atoms with Crippen LogP contribution in [0.15, 0.2) is 239 Å². The highest BCUT2D eigenvalue weighted by molar-refractivity contribution is 6.34. The topological polar surface area (TPSA) is 370 Å². The number of nitrogens with two attached hydrogens (primary N) is 4. The van der Waals surface area contributed by atoms with Gasteiger partial charge in [-0.15, -0.1) is 0 Å². The van der Waals surface area contributed by atoms with Gasteiger partial charge < -0.3 is 48.8 Å². The van der Waals surface area contributed by atoms with Gasteiger partial charge in [0.05, 0.1) is 49.9 Å². The molecule has 0 fully saturated rings. The van der Waals surface area contributed by atoms with Crippen molar-refractivity contribution in [1.82, 2.24) is 69.6 Å². The van der Waals surface area contributed by atoms with Crippen LogP contribution in [0.4, 0.5) is 40.7 Å². The Morgan fingerprint density at radius 2 is 0.852 bits per heavy atom. The number of benzene rings is 4. The van der Waals surface area contributed by atoms with E-state index in [1.807, 2.05) is 138 Å². The molecular formula is C93H93Cl4N21O4. The fourth-order valence-corrected chi connectivity index (χ4v) is 14.6. The summed E-state index contributed by atoms with van der Waals surface area (Å²) in [4.78, 5) is 99.0. The number of hydrogen-bond donors (Lipinski definition) is 8. The highest BCUT2D eigenvalue weighted by Gasteiger charge is 2.19. The van der Waals surface area contributed by atoms with Crippen molar-refractivity contribution in [3.63, 3.8) is 0 Å². The van der Waals surface area contributed by atoms with E-state index in [9.17, 15) is 19.2 Å². The van der Waals surface area contributed by atoms with Crippen molar-refractivity contribution in [3.8, 4) is 0 Å². The summed E-state index contributed by atoms with van der Waals surface area (Å²) in [5.41, 5.74) is 32.4. The molecule has 0 aliphatic carbocycles. The van der Waals surface area contributed by atoms with Crippen LogP contribution in [0.25, 0.3) is 43.1 Å². The van der Waals surface area contributed by atoms with Gasteiger partial charge in [-0.3, -0.25) is 39.0 Å². The third-order valence-corrected chi connectivity index (χ3v) is 21.4. The summed E-state index contributed by atoms with van der Waals surface area (Å²) in [6.07, 6.45) is 28.3. The molecule has 15 rings (SSSR count). The maximum atomic E-state index is 12.6. The van der Waals surface area contributed by atoms with Gasteiger partial charge in [-0.2, -0.15) is 0 Å². The zero-order valence-electron chi connectivity index (χ0n) is 67.8. The lowest BCUT2D eigenvalue weighted by molar-refractivity contribution is 0.0946. The zero-order chi connectivity index (χ0) is 86.0. The standard InChI is InChI=1S/C25H32ClN5O.2C23H20ClN5O.C22H21ClN6O/c1-16(2)31(17(3)4)11-5-6-23-22(26)13-20(15-29-23)25(32)30-14-18-7-8-21-19(12-18)9-10-28-24(21)27;24-20-11-18(14-29-23(20)28-13-16-2-1-8-26-12-16)21(30)6-4-15-3-5-19-17(10-15)7-9-27-22(19)25;24-20-12-17(13-28-23(20)29-14-18-3-1-2-9-26-18)21(30)7-5-15-4-6-19-16(11-15)8-10-27-22(19)25;23-19-12-17(13-28-22(19)27-8-10-29-9-7-25-14-29)20(30)4-2-15-1-3-18-16(11-15)5-6-26-21(18)24/h7-10,12-13,15-17H,5-6,11,14H2,1-4H3,(H2,27,28)(H,30,32);1-3,5,7-12,14H,4,6,13H2,(H2,25,27)(H,28,29);1-4,6,8-13H,5,7,14H2,(H2,25,27)(H,28,29);1,3,5-7,9,11-14H,2,4,8,10H2,(H2,24,26)(H,27,28). The molecule has 0 atom stereocenters. The number of halogens is 4. The Bertz CT molecular complexity index is 5930. The number of aryl methyl sites for hydroxylation is 4. The van der Waals surface area contributed by atoms with E-state index in [1.54, 1.807) is 105 Å². The quantitative estimate of drug-likeness (QED) is 0.0187. The molecule has 25 nitrogen and oxygen atoms in total. The average molecular weight is 1710 g/mol. The van der Waals surface area contributed by atoms with Gasteiger partial charge in [-0.05, 0) is 189 Å². The van der Waals surface area contributed by atoms with Crippen LogP contribution < -0.4 is 44.2 Å². The molecule has 122 heavy (non-hydrogen) atoms. The lowest BCUT2D eigenvalue weighted by Crippen LogP contribution is -2.37. The number of nitrogens with one attached hydrogen (secondary N) is 4. The molecule has 11 heterocycles. The molecule has 0 aliphatic heterocycles. The molecule has 15 aromatic rings. The lowest BCUT2D eigenvalue weighted by Gasteiger charge is -2.30. The number of carbonyl (C=O) groups excluding carboxylic acids is 4. The first-order chi connectivity index (χ1) is 59.0. The fraction of sp³-hybridized carbons (Fsp3) is 0.215. The van der Waals surface area contributed by atoms with E-state index in [2.05, 4.69) is 109 Å². The van der Waals surface area contributed by atoms with Crippen LogP contribution >= 0.6 is 46.4 Å². The number of nitrogen functional groups attached to an aromatic ring is 4. The lowest BCUT2D eigenvalue weighted by atomic mass is 10.0. The molecule has 0 spiro atoms. The number of rotatable bonds is 31. The number of fused-ring (bicyclic) bond motifs is 4. The minimum Gasteiger partial charge on any atom is -0.383 e. The van der Waals surface area contributed by atoms with E-state index in [0.717, 1.165) is 108 Å². The van der Waals surface area contributed by atoms with Crippen molar-refractivity contribution in [1.29, 1.82) is 0 Å².